The van der Waals surface area contributed by atoms with Crippen LogP contribution >= 0.6 is 0 Å². The second-order valence-corrected chi connectivity index (χ2v) is 8.49. The van der Waals surface area contributed by atoms with Crippen molar-refractivity contribution < 1.29 is 14.7 Å². The van der Waals surface area contributed by atoms with Crippen molar-refractivity contribution in [1.29, 1.82) is 0 Å². The van der Waals surface area contributed by atoms with Crippen molar-refractivity contribution in [3.63, 3.8) is 0 Å². The van der Waals surface area contributed by atoms with Crippen LogP contribution < -0.4 is 5.32 Å². The largest absolute Gasteiger partial charge is 0.480 e. The summed E-state index contributed by atoms with van der Waals surface area (Å²) in [4.78, 5) is 27.3. The molecule has 0 aromatic heterocycles. The fourth-order valence-corrected chi connectivity index (χ4v) is 4.48. The quantitative estimate of drug-likeness (QED) is 0.770. The Morgan fingerprint density at radius 3 is 2.48 bits per heavy atom. The molecule has 1 saturated carbocycles. The van der Waals surface area contributed by atoms with Crippen molar-refractivity contribution in [1.82, 2.24) is 15.1 Å². The molecule has 0 radical (unpaired) electrons. The van der Waals surface area contributed by atoms with E-state index in [0.29, 0.717) is 24.4 Å². The van der Waals surface area contributed by atoms with E-state index in [0.717, 1.165) is 25.9 Å². The average Bonchev–Trinajstić information content (AvgIpc) is 2.56. The lowest BCUT2D eigenvalue weighted by atomic mass is 9.72. The standard InChI is InChI=1S/C19H35N3O3/c1-4-21(14-17(23)24)16-7-10-22(11-8-16)18(25)20-13-15-6-5-9-19(2,3)12-15/h15-16H,4-14H2,1-3H3,(H,20,25)(H,23,24). The molecule has 2 aliphatic rings. The van der Waals surface area contributed by atoms with E-state index < -0.39 is 5.97 Å². The Balaban J connectivity index is 1.73. The van der Waals surface area contributed by atoms with Crippen molar-refractivity contribution in [3.05, 3.63) is 0 Å². The second-order valence-electron chi connectivity index (χ2n) is 8.49. The molecule has 1 heterocycles. The zero-order valence-corrected chi connectivity index (χ0v) is 16.1. The fraction of sp³-hybridized carbons (Fsp3) is 0.895. The zero-order valence-electron chi connectivity index (χ0n) is 16.1. The molecular formula is C19H35N3O3. The first-order valence-electron chi connectivity index (χ1n) is 9.79. The summed E-state index contributed by atoms with van der Waals surface area (Å²) in [6.45, 7) is 9.66. The van der Waals surface area contributed by atoms with Gasteiger partial charge in [0.1, 0.15) is 0 Å². The summed E-state index contributed by atoms with van der Waals surface area (Å²) >= 11 is 0. The van der Waals surface area contributed by atoms with Gasteiger partial charge in [0, 0.05) is 25.7 Å². The van der Waals surface area contributed by atoms with Crippen LogP contribution in [0.25, 0.3) is 0 Å². The third-order valence-corrected chi connectivity index (χ3v) is 5.86. The van der Waals surface area contributed by atoms with Crippen LogP contribution in [0.15, 0.2) is 0 Å². The Morgan fingerprint density at radius 2 is 1.92 bits per heavy atom. The van der Waals surface area contributed by atoms with Crippen LogP contribution in [0.1, 0.15) is 59.3 Å². The summed E-state index contributed by atoms with van der Waals surface area (Å²) in [6, 6.07) is 0.312. The molecule has 144 valence electrons. The summed E-state index contributed by atoms with van der Waals surface area (Å²) in [5, 5.41) is 12.1. The van der Waals surface area contributed by atoms with Gasteiger partial charge in [-0.1, -0.05) is 27.2 Å². The van der Waals surface area contributed by atoms with Gasteiger partial charge in [0.2, 0.25) is 0 Å². The van der Waals surface area contributed by atoms with Crippen molar-refractivity contribution >= 4 is 12.0 Å². The van der Waals surface area contributed by atoms with Crippen LogP contribution in [0.2, 0.25) is 0 Å². The highest BCUT2D eigenvalue weighted by Crippen LogP contribution is 2.38. The molecular weight excluding hydrogens is 318 g/mol. The number of carboxylic acid groups (broad SMARTS) is 1. The van der Waals surface area contributed by atoms with E-state index in [9.17, 15) is 9.59 Å². The van der Waals surface area contributed by atoms with E-state index in [1.807, 2.05) is 16.7 Å². The van der Waals surface area contributed by atoms with E-state index in [2.05, 4.69) is 19.2 Å². The summed E-state index contributed by atoms with van der Waals surface area (Å²) in [5.41, 5.74) is 0.403. The molecule has 1 atom stereocenters. The van der Waals surface area contributed by atoms with Gasteiger partial charge in [0.15, 0.2) is 0 Å². The number of nitrogens with zero attached hydrogens (tertiary/aromatic N) is 2. The summed E-state index contributed by atoms with van der Waals surface area (Å²) in [5.74, 6) is -0.186. The Kier molecular flexibility index (Phi) is 7.11. The fourth-order valence-electron chi connectivity index (χ4n) is 4.48. The molecule has 0 spiro atoms. The van der Waals surface area contributed by atoms with Crippen molar-refractivity contribution in [3.8, 4) is 0 Å². The number of urea groups is 1. The molecule has 2 amide bonds. The van der Waals surface area contributed by atoms with Gasteiger partial charge >= 0.3 is 12.0 Å². The lowest BCUT2D eigenvalue weighted by Crippen LogP contribution is -2.51. The molecule has 6 heteroatoms. The third-order valence-electron chi connectivity index (χ3n) is 5.86. The number of carboxylic acids is 1. The molecule has 0 bridgehead atoms. The first-order chi connectivity index (χ1) is 11.8. The number of hydrogen-bond donors (Lipinski definition) is 2. The number of hydrogen-bond acceptors (Lipinski definition) is 3. The van der Waals surface area contributed by atoms with E-state index in [1.165, 1.54) is 25.7 Å². The number of rotatable bonds is 6. The van der Waals surface area contributed by atoms with Gasteiger partial charge in [0.05, 0.1) is 6.54 Å². The number of carbonyl (C=O) groups excluding carboxylic acids is 1. The second kappa shape index (κ2) is 8.88. The molecule has 25 heavy (non-hydrogen) atoms. The summed E-state index contributed by atoms with van der Waals surface area (Å²) in [7, 11) is 0. The first kappa shape index (κ1) is 20.0. The van der Waals surface area contributed by atoms with E-state index in [4.69, 9.17) is 5.11 Å². The maximum Gasteiger partial charge on any atom is 0.317 e. The van der Waals surface area contributed by atoms with Gasteiger partial charge in [-0.3, -0.25) is 9.69 Å². The van der Waals surface area contributed by atoms with Gasteiger partial charge in [-0.05, 0) is 50.0 Å². The SMILES string of the molecule is CCN(CC(=O)O)C1CCN(C(=O)NCC2CCCC(C)(C)C2)CC1. The lowest BCUT2D eigenvalue weighted by Gasteiger charge is -2.38. The van der Waals surface area contributed by atoms with E-state index >= 15 is 0 Å². The van der Waals surface area contributed by atoms with Gasteiger partial charge in [-0.2, -0.15) is 0 Å². The first-order valence-corrected chi connectivity index (χ1v) is 9.79. The van der Waals surface area contributed by atoms with E-state index in [1.54, 1.807) is 0 Å². The maximum absolute atomic E-state index is 12.4. The number of likely N-dealkylation sites (N-methyl/N-ethyl adjacent to an activating group) is 1. The van der Waals surface area contributed by atoms with Crippen LogP contribution in [0.3, 0.4) is 0 Å². The van der Waals surface area contributed by atoms with Gasteiger partial charge < -0.3 is 15.3 Å². The number of likely N-dealkylation sites (tertiary alicyclic amines) is 1. The molecule has 0 aromatic rings. The molecule has 6 nitrogen and oxygen atoms in total. The van der Waals surface area contributed by atoms with Crippen LogP contribution in [0, 0.1) is 11.3 Å². The third kappa shape index (κ3) is 6.17. The Morgan fingerprint density at radius 1 is 1.24 bits per heavy atom. The molecule has 1 aliphatic carbocycles. The predicted octanol–water partition coefficient (Wildman–Crippen LogP) is 2.78. The minimum absolute atomic E-state index is 0.0445. The minimum atomic E-state index is -0.780. The normalized spacial score (nSPS) is 24.3. The monoisotopic (exact) mass is 353 g/mol. The number of piperidine rings is 1. The highest BCUT2D eigenvalue weighted by molar-refractivity contribution is 5.74. The number of nitrogens with one attached hydrogen (secondary N) is 1. The maximum atomic E-state index is 12.4. The number of aliphatic carboxylic acids is 1. The van der Waals surface area contributed by atoms with Gasteiger partial charge in [0.25, 0.3) is 0 Å². The Bertz CT molecular complexity index is 459. The van der Waals surface area contributed by atoms with Crippen LogP contribution in [0.5, 0.6) is 0 Å². The summed E-state index contributed by atoms with van der Waals surface area (Å²) in [6.07, 6.45) is 6.66. The zero-order chi connectivity index (χ0) is 18.4. The Hall–Kier alpha value is -1.30. The molecule has 1 unspecified atom stereocenters. The number of carbonyl (C=O) groups is 2. The van der Waals surface area contributed by atoms with Crippen molar-refractivity contribution in [2.75, 3.05) is 32.7 Å². The van der Waals surface area contributed by atoms with Crippen molar-refractivity contribution in [2.24, 2.45) is 11.3 Å². The molecule has 1 saturated heterocycles. The Labute approximate surface area is 151 Å². The van der Waals surface area contributed by atoms with Crippen LogP contribution in [0.4, 0.5) is 4.79 Å². The molecule has 0 aromatic carbocycles. The molecule has 2 N–H and O–H groups in total. The highest BCUT2D eigenvalue weighted by atomic mass is 16.4. The number of amides is 2. The topological polar surface area (TPSA) is 72.9 Å². The van der Waals surface area contributed by atoms with Crippen LogP contribution in [-0.4, -0.2) is 65.7 Å². The molecule has 2 fully saturated rings. The smallest absolute Gasteiger partial charge is 0.317 e. The average molecular weight is 354 g/mol. The van der Waals surface area contributed by atoms with Crippen LogP contribution in [-0.2, 0) is 4.79 Å². The van der Waals surface area contributed by atoms with E-state index in [-0.39, 0.29) is 18.6 Å². The molecule has 2 rings (SSSR count). The van der Waals surface area contributed by atoms with Gasteiger partial charge in [-0.25, -0.2) is 4.79 Å². The lowest BCUT2D eigenvalue weighted by molar-refractivity contribution is -0.139. The predicted molar refractivity (Wildman–Crippen MR) is 98.6 cm³/mol. The minimum Gasteiger partial charge on any atom is -0.480 e. The highest BCUT2D eigenvalue weighted by Gasteiger charge is 2.30. The molecule has 1 aliphatic heterocycles. The van der Waals surface area contributed by atoms with Crippen molar-refractivity contribution in [2.45, 2.75) is 65.3 Å². The van der Waals surface area contributed by atoms with Gasteiger partial charge in [-0.15, -0.1) is 0 Å². The summed E-state index contributed by atoms with van der Waals surface area (Å²) < 4.78 is 0.